The van der Waals surface area contributed by atoms with Gasteiger partial charge in [-0.15, -0.1) is 0 Å². The van der Waals surface area contributed by atoms with E-state index in [4.69, 9.17) is 5.73 Å². The van der Waals surface area contributed by atoms with Gasteiger partial charge in [0.15, 0.2) is 11.6 Å². The minimum absolute atomic E-state index is 0.0620. The molecule has 0 saturated heterocycles. The first kappa shape index (κ1) is 17.9. The lowest BCUT2D eigenvalue weighted by atomic mass is 10.2. The highest BCUT2D eigenvalue weighted by Gasteiger charge is 2.19. The molecular formula is C16H14IN7O2. The Labute approximate surface area is 162 Å². The Morgan fingerprint density at radius 2 is 2.00 bits per heavy atom. The van der Waals surface area contributed by atoms with Gasteiger partial charge in [0.05, 0.1) is 6.04 Å². The summed E-state index contributed by atoms with van der Waals surface area (Å²) in [4.78, 5) is 35.8. The first-order valence-corrected chi connectivity index (χ1v) is 8.62. The molecule has 0 aliphatic rings. The number of hydrogen-bond acceptors (Lipinski definition) is 6. The zero-order chi connectivity index (χ0) is 18.7. The van der Waals surface area contributed by atoms with Gasteiger partial charge in [0.1, 0.15) is 18.3 Å². The van der Waals surface area contributed by atoms with Crippen LogP contribution in [0.5, 0.6) is 0 Å². The molecule has 0 radical (unpaired) electrons. The maximum Gasteiger partial charge on any atom is 0.267 e. The Balaban J connectivity index is 1.85. The van der Waals surface area contributed by atoms with Gasteiger partial charge in [-0.25, -0.2) is 15.0 Å². The number of nitrogens with one attached hydrogen (secondary N) is 1. The fraction of sp³-hybridized carbons (Fsp3) is 0.125. The summed E-state index contributed by atoms with van der Waals surface area (Å²) in [5.41, 5.74) is 5.86. The first-order chi connectivity index (χ1) is 12.5. The Hall–Kier alpha value is -2.89. The molecule has 0 saturated carbocycles. The number of halogens is 1. The third-order valence-corrected chi connectivity index (χ3v) is 4.19. The topological polar surface area (TPSA) is 129 Å². The van der Waals surface area contributed by atoms with Crippen LogP contribution in [0.15, 0.2) is 43.0 Å². The molecule has 3 N–H and O–H groups in total. The lowest BCUT2D eigenvalue weighted by molar-refractivity contribution is 0.0937. The van der Waals surface area contributed by atoms with Crippen LogP contribution in [0, 0.1) is 3.57 Å². The van der Waals surface area contributed by atoms with Gasteiger partial charge in [-0.05, 0) is 47.7 Å². The Morgan fingerprint density at radius 3 is 2.73 bits per heavy atom. The van der Waals surface area contributed by atoms with E-state index in [2.05, 4.69) is 48.0 Å². The predicted molar refractivity (Wildman–Crippen MR) is 101 cm³/mol. The van der Waals surface area contributed by atoms with Crippen LogP contribution in [0.4, 0.5) is 0 Å². The molecule has 9 nitrogen and oxygen atoms in total. The van der Waals surface area contributed by atoms with Gasteiger partial charge >= 0.3 is 0 Å². The summed E-state index contributed by atoms with van der Waals surface area (Å²) in [7, 11) is 0. The van der Waals surface area contributed by atoms with Gasteiger partial charge in [-0.1, -0.05) is 6.07 Å². The second kappa shape index (κ2) is 7.56. The number of nitrogens with two attached hydrogens (primary N) is 1. The smallest absolute Gasteiger partial charge is 0.267 e. The summed E-state index contributed by atoms with van der Waals surface area (Å²) in [6, 6.07) is 8.21. The maximum atomic E-state index is 12.4. The zero-order valence-corrected chi connectivity index (χ0v) is 15.8. The third kappa shape index (κ3) is 3.85. The number of primary amides is 1. The van der Waals surface area contributed by atoms with Crippen LogP contribution < -0.4 is 11.1 Å². The van der Waals surface area contributed by atoms with E-state index in [1.807, 2.05) is 12.1 Å². The quantitative estimate of drug-likeness (QED) is 0.549. The van der Waals surface area contributed by atoms with Gasteiger partial charge in [-0.2, -0.15) is 9.78 Å². The highest BCUT2D eigenvalue weighted by atomic mass is 127. The molecule has 132 valence electrons. The van der Waals surface area contributed by atoms with Crippen LogP contribution in [0.3, 0.4) is 0 Å². The van der Waals surface area contributed by atoms with Crippen molar-refractivity contribution in [3.63, 3.8) is 0 Å². The molecule has 1 aromatic carbocycles. The SMILES string of the molecule is C[C@H](NC(=O)c1cccc(I)c1)c1ncnn1-c1cc(C(N)=O)ncn1. The molecule has 0 unspecified atom stereocenters. The summed E-state index contributed by atoms with van der Waals surface area (Å²) in [5.74, 6) is -0.115. The van der Waals surface area contributed by atoms with E-state index in [1.165, 1.54) is 23.4 Å². The van der Waals surface area contributed by atoms with Crippen molar-refractivity contribution in [2.24, 2.45) is 5.73 Å². The molecule has 1 atom stereocenters. The van der Waals surface area contributed by atoms with E-state index in [-0.39, 0.29) is 11.6 Å². The number of carbonyl (C=O) groups excluding carboxylic acids is 2. The number of nitrogens with zero attached hydrogens (tertiary/aromatic N) is 5. The number of hydrogen-bond donors (Lipinski definition) is 2. The number of benzene rings is 1. The lowest BCUT2D eigenvalue weighted by Crippen LogP contribution is -2.29. The minimum atomic E-state index is -0.671. The number of rotatable bonds is 5. The largest absolute Gasteiger partial charge is 0.364 e. The van der Waals surface area contributed by atoms with Gasteiger partial charge in [0.2, 0.25) is 0 Å². The molecule has 0 aliphatic carbocycles. The molecule has 3 rings (SSSR count). The average Bonchev–Trinajstić information content (AvgIpc) is 3.11. The summed E-state index contributed by atoms with van der Waals surface area (Å²) < 4.78 is 2.39. The van der Waals surface area contributed by atoms with E-state index in [0.29, 0.717) is 17.2 Å². The molecule has 2 amide bonds. The third-order valence-electron chi connectivity index (χ3n) is 3.52. The van der Waals surface area contributed by atoms with Crippen LogP contribution in [-0.4, -0.2) is 36.5 Å². The number of aromatic nitrogens is 5. The fourth-order valence-corrected chi connectivity index (χ4v) is 2.84. The van der Waals surface area contributed by atoms with Gasteiger partial charge < -0.3 is 11.1 Å². The molecule has 0 bridgehead atoms. The summed E-state index contributed by atoms with van der Waals surface area (Å²) in [6.45, 7) is 1.78. The van der Waals surface area contributed by atoms with Crippen LogP contribution >= 0.6 is 22.6 Å². The van der Waals surface area contributed by atoms with Crippen molar-refractivity contribution < 1.29 is 9.59 Å². The molecule has 26 heavy (non-hydrogen) atoms. The predicted octanol–water partition coefficient (Wildman–Crippen LogP) is 1.25. The fourth-order valence-electron chi connectivity index (χ4n) is 2.29. The lowest BCUT2D eigenvalue weighted by Gasteiger charge is -2.14. The van der Waals surface area contributed by atoms with Crippen LogP contribution in [-0.2, 0) is 0 Å². The normalized spacial score (nSPS) is 11.8. The van der Waals surface area contributed by atoms with Crippen molar-refractivity contribution in [2.45, 2.75) is 13.0 Å². The Kier molecular flexibility index (Phi) is 5.21. The van der Waals surface area contributed by atoms with Crippen molar-refractivity contribution in [3.8, 4) is 5.82 Å². The molecule has 2 heterocycles. The molecule has 3 aromatic rings. The van der Waals surface area contributed by atoms with Crippen molar-refractivity contribution in [1.82, 2.24) is 30.0 Å². The standard InChI is InChI=1S/C16H14IN7O2/c1-9(23-16(26)10-3-2-4-11(17)5-10)15-21-8-22-24(15)13-6-12(14(18)25)19-7-20-13/h2-9H,1H3,(H2,18,25)(H,23,26)/t9-/m0/s1. The molecular weight excluding hydrogens is 449 g/mol. The molecule has 0 aliphatic heterocycles. The average molecular weight is 463 g/mol. The highest BCUT2D eigenvalue weighted by Crippen LogP contribution is 2.15. The van der Waals surface area contributed by atoms with Crippen LogP contribution in [0.2, 0.25) is 0 Å². The number of amides is 2. The molecule has 0 fully saturated rings. The molecule has 2 aromatic heterocycles. The van der Waals surface area contributed by atoms with Crippen LogP contribution in [0.1, 0.15) is 39.6 Å². The highest BCUT2D eigenvalue weighted by molar-refractivity contribution is 14.1. The van der Waals surface area contributed by atoms with Gasteiger partial charge in [0, 0.05) is 15.2 Å². The van der Waals surface area contributed by atoms with Gasteiger partial charge in [0.25, 0.3) is 11.8 Å². The van der Waals surface area contributed by atoms with E-state index in [9.17, 15) is 9.59 Å². The van der Waals surface area contributed by atoms with E-state index < -0.39 is 11.9 Å². The first-order valence-electron chi connectivity index (χ1n) is 7.54. The summed E-state index contributed by atoms with van der Waals surface area (Å²) >= 11 is 2.15. The second-order valence-corrected chi connectivity index (χ2v) is 6.61. The molecule has 0 spiro atoms. The van der Waals surface area contributed by atoms with Crippen LogP contribution in [0.25, 0.3) is 5.82 Å². The summed E-state index contributed by atoms with van der Waals surface area (Å²) in [6.07, 6.45) is 2.56. The van der Waals surface area contributed by atoms with Gasteiger partial charge in [-0.3, -0.25) is 9.59 Å². The van der Waals surface area contributed by atoms with Crippen molar-refractivity contribution >= 4 is 34.4 Å². The molecule has 10 heteroatoms. The van der Waals surface area contributed by atoms with Crippen molar-refractivity contribution in [3.05, 3.63) is 63.6 Å². The maximum absolute atomic E-state index is 12.4. The number of carbonyl (C=O) groups is 2. The van der Waals surface area contributed by atoms with E-state index in [1.54, 1.807) is 19.1 Å². The van der Waals surface area contributed by atoms with Crippen molar-refractivity contribution in [2.75, 3.05) is 0 Å². The minimum Gasteiger partial charge on any atom is -0.364 e. The van der Waals surface area contributed by atoms with Crippen molar-refractivity contribution in [1.29, 1.82) is 0 Å². The monoisotopic (exact) mass is 463 g/mol. The van der Waals surface area contributed by atoms with E-state index >= 15 is 0 Å². The Morgan fingerprint density at radius 1 is 1.19 bits per heavy atom. The summed E-state index contributed by atoms with van der Waals surface area (Å²) in [5, 5.41) is 6.99. The zero-order valence-electron chi connectivity index (χ0n) is 13.6. The Bertz CT molecular complexity index is 972. The second-order valence-electron chi connectivity index (χ2n) is 5.36. The van der Waals surface area contributed by atoms with E-state index in [0.717, 1.165) is 3.57 Å².